The zero-order valence-electron chi connectivity index (χ0n) is 7.62. The highest BCUT2D eigenvalue weighted by atomic mass is 16.4. The quantitative estimate of drug-likeness (QED) is 0.691. The second-order valence-corrected chi connectivity index (χ2v) is 2.78. The molecular formula is C9H9NO5. The van der Waals surface area contributed by atoms with E-state index in [2.05, 4.69) is 0 Å². The number of rotatable bonds is 3. The number of anilines is 1. The van der Waals surface area contributed by atoms with Crippen molar-refractivity contribution in [1.82, 2.24) is 0 Å². The third kappa shape index (κ3) is 2.87. The molecule has 1 aromatic rings. The number of hydrogen-bond donors (Lipinski definition) is 3. The summed E-state index contributed by atoms with van der Waals surface area (Å²) in [7, 11) is 0. The van der Waals surface area contributed by atoms with Gasteiger partial charge in [-0.2, -0.15) is 0 Å². The van der Waals surface area contributed by atoms with E-state index in [1.807, 2.05) is 0 Å². The molecule has 0 atom stereocenters. The summed E-state index contributed by atoms with van der Waals surface area (Å²) in [5.41, 5.74) is 0.116. The molecule has 0 saturated heterocycles. The van der Waals surface area contributed by atoms with Crippen molar-refractivity contribution in [3.05, 3.63) is 24.3 Å². The lowest BCUT2D eigenvalue weighted by molar-refractivity contribution is -0.135. The van der Waals surface area contributed by atoms with E-state index < -0.39 is 18.6 Å². The Balaban J connectivity index is 2.98. The molecular weight excluding hydrogens is 202 g/mol. The second kappa shape index (κ2) is 4.32. The first-order chi connectivity index (χ1) is 7.00. The highest BCUT2D eigenvalue weighted by Gasteiger charge is 2.17. The van der Waals surface area contributed by atoms with Gasteiger partial charge in [-0.3, -0.25) is 9.69 Å². The molecule has 0 bridgehead atoms. The Morgan fingerprint density at radius 1 is 1.27 bits per heavy atom. The molecule has 6 nitrogen and oxygen atoms in total. The number of phenolic OH excluding ortho intramolecular Hbond substituents is 1. The maximum Gasteiger partial charge on any atom is 0.412 e. The molecule has 3 N–H and O–H groups in total. The maximum absolute atomic E-state index is 10.7. The molecule has 1 amide bonds. The minimum absolute atomic E-state index is 0.116. The molecule has 1 aromatic carbocycles. The molecule has 0 aliphatic carbocycles. The zero-order valence-corrected chi connectivity index (χ0v) is 7.62. The van der Waals surface area contributed by atoms with Crippen molar-refractivity contribution in [3.63, 3.8) is 0 Å². The van der Waals surface area contributed by atoms with E-state index in [-0.39, 0.29) is 11.4 Å². The van der Waals surface area contributed by atoms with E-state index in [1.165, 1.54) is 24.3 Å². The van der Waals surface area contributed by atoms with Gasteiger partial charge in [0.1, 0.15) is 12.3 Å². The highest BCUT2D eigenvalue weighted by Crippen LogP contribution is 2.19. The molecule has 0 aliphatic heterocycles. The summed E-state index contributed by atoms with van der Waals surface area (Å²) in [4.78, 5) is 21.8. The Morgan fingerprint density at radius 2 is 1.93 bits per heavy atom. The molecule has 15 heavy (non-hydrogen) atoms. The standard InChI is InChI=1S/C9H9NO5/c11-7-3-1-2-6(4-7)10(9(14)15)5-8(12)13/h1-4,11H,5H2,(H,12,13)(H,14,15). The van der Waals surface area contributed by atoms with Crippen LogP contribution in [0.5, 0.6) is 5.75 Å². The molecule has 0 fully saturated rings. The second-order valence-electron chi connectivity index (χ2n) is 2.78. The van der Waals surface area contributed by atoms with E-state index in [0.29, 0.717) is 4.90 Å². The van der Waals surface area contributed by atoms with Crippen molar-refractivity contribution in [2.24, 2.45) is 0 Å². The van der Waals surface area contributed by atoms with Crippen molar-refractivity contribution in [2.75, 3.05) is 11.4 Å². The van der Waals surface area contributed by atoms with Crippen LogP contribution in [0.1, 0.15) is 0 Å². The third-order valence-electron chi connectivity index (χ3n) is 1.67. The SMILES string of the molecule is O=C(O)CN(C(=O)O)c1cccc(O)c1. The number of hydrogen-bond acceptors (Lipinski definition) is 3. The lowest BCUT2D eigenvalue weighted by Gasteiger charge is -2.16. The summed E-state index contributed by atoms with van der Waals surface area (Å²) in [6.07, 6.45) is -1.39. The average molecular weight is 211 g/mol. The lowest BCUT2D eigenvalue weighted by Crippen LogP contribution is -2.34. The van der Waals surface area contributed by atoms with Crippen LogP contribution in [0.2, 0.25) is 0 Å². The number of amides is 1. The Labute approximate surface area is 85.0 Å². The van der Waals surface area contributed by atoms with Crippen LogP contribution in [0.25, 0.3) is 0 Å². The number of aliphatic carboxylic acids is 1. The Morgan fingerprint density at radius 3 is 2.40 bits per heavy atom. The van der Waals surface area contributed by atoms with Gasteiger partial charge in [0.2, 0.25) is 0 Å². The average Bonchev–Trinajstić information content (AvgIpc) is 2.13. The number of benzene rings is 1. The number of aromatic hydroxyl groups is 1. The van der Waals surface area contributed by atoms with Crippen LogP contribution in [0.4, 0.5) is 10.5 Å². The molecule has 0 spiro atoms. The molecule has 0 saturated carbocycles. The topological polar surface area (TPSA) is 98.1 Å². The molecule has 0 radical (unpaired) electrons. The summed E-state index contributed by atoms with van der Waals surface area (Å²) in [5, 5.41) is 26.4. The highest BCUT2D eigenvalue weighted by molar-refractivity contribution is 5.91. The van der Waals surface area contributed by atoms with Gasteiger partial charge in [0.15, 0.2) is 0 Å². The summed E-state index contributed by atoms with van der Waals surface area (Å²) in [6.45, 7) is -0.668. The number of carbonyl (C=O) groups is 2. The first kappa shape index (κ1) is 10.8. The zero-order chi connectivity index (χ0) is 11.4. The largest absolute Gasteiger partial charge is 0.508 e. The fourth-order valence-corrected chi connectivity index (χ4v) is 1.07. The molecule has 0 unspecified atom stereocenters. The fourth-order valence-electron chi connectivity index (χ4n) is 1.07. The van der Waals surface area contributed by atoms with Gasteiger partial charge in [-0.15, -0.1) is 0 Å². The van der Waals surface area contributed by atoms with E-state index in [4.69, 9.17) is 15.3 Å². The smallest absolute Gasteiger partial charge is 0.412 e. The Kier molecular flexibility index (Phi) is 3.12. The van der Waals surface area contributed by atoms with Crippen LogP contribution in [-0.2, 0) is 4.79 Å². The van der Waals surface area contributed by atoms with Crippen LogP contribution in [-0.4, -0.2) is 33.9 Å². The summed E-state index contributed by atoms with van der Waals surface area (Å²) < 4.78 is 0. The normalized spacial score (nSPS) is 9.60. The summed E-state index contributed by atoms with van der Waals surface area (Å²) in [6, 6.07) is 5.38. The van der Waals surface area contributed by atoms with E-state index >= 15 is 0 Å². The number of phenols is 1. The van der Waals surface area contributed by atoms with E-state index in [0.717, 1.165) is 0 Å². The van der Waals surface area contributed by atoms with Crippen LogP contribution < -0.4 is 4.90 Å². The van der Waals surface area contributed by atoms with Crippen molar-refractivity contribution in [1.29, 1.82) is 0 Å². The minimum Gasteiger partial charge on any atom is -0.508 e. The minimum atomic E-state index is -1.39. The Hall–Kier alpha value is -2.24. The predicted molar refractivity (Wildman–Crippen MR) is 51.1 cm³/mol. The molecule has 80 valence electrons. The van der Waals surface area contributed by atoms with Gasteiger partial charge in [0.25, 0.3) is 0 Å². The summed E-state index contributed by atoms with van der Waals surface area (Å²) in [5.74, 6) is -1.38. The lowest BCUT2D eigenvalue weighted by atomic mass is 10.3. The molecule has 0 heterocycles. The van der Waals surface area contributed by atoms with Gasteiger partial charge in [0.05, 0.1) is 5.69 Å². The van der Waals surface area contributed by atoms with Gasteiger partial charge >= 0.3 is 12.1 Å². The third-order valence-corrected chi connectivity index (χ3v) is 1.67. The van der Waals surface area contributed by atoms with Gasteiger partial charge < -0.3 is 15.3 Å². The first-order valence-corrected chi connectivity index (χ1v) is 4.02. The van der Waals surface area contributed by atoms with Gasteiger partial charge in [-0.1, -0.05) is 6.07 Å². The first-order valence-electron chi connectivity index (χ1n) is 4.02. The van der Waals surface area contributed by atoms with Gasteiger partial charge in [0, 0.05) is 6.07 Å². The molecule has 0 aromatic heterocycles. The van der Waals surface area contributed by atoms with E-state index in [1.54, 1.807) is 0 Å². The number of nitrogens with zero attached hydrogens (tertiary/aromatic N) is 1. The van der Waals surface area contributed by atoms with Crippen molar-refractivity contribution < 1.29 is 24.9 Å². The van der Waals surface area contributed by atoms with Crippen molar-refractivity contribution >= 4 is 17.7 Å². The van der Waals surface area contributed by atoms with Crippen LogP contribution in [0.3, 0.4) is 0 Å². The van der Waals surface area contributed by atoms with Crippen LogP contribution in [0.15, 0.2) is 24.3 Å². The van der Waals surface area contributed by atoms with Crippen molar-refractivity contribution in [2.45, 2.75) is 0 Å². The van der Waals surface area contributed by atoms with Crippen LogP contribution >= 0.6 is 0 Å². The monoisotopic (exact) mass is 211 g/mol. The molecule has 6 heteroatoms. The number of carboxylic acids is 1. The predicted octanol–water partition coefficient (Wildman–Crippen LogP) is 0.961. The molecule has 1 rings (SSSR count). The van der Waals surface area contributed by atoms with Gasteiger partial charge in [-0.05, 0) is 12.1 Å². The van der Waals surface area contributed by atoms with Gasteiger partial charge in [-0.25, -0.2) is 4.79 Å². The van der Waals surface area contributed by atoms with E-state index in [9.17, 15) is 9.59 Å². The number of carboxylic acid groups (broad SMARTS) is 2. The fraction of sp³-hybridized carbons (Fsp3) is 0.111. The Bertz CT molecular complexity index is 390. The van der Waals surface area contributed by atoms with Crippen molar-refractivity contribution in [3.8, 4) is 5.75 Å². The molecule has 0 aliphatic rings. The maximum atomic E-state index is 10.7. The van der Waals surface area contributed by atoms with Crippen LogP contribution in [0, 0.1) is 0 Å². The summed E-state index contributed by atoms with van der Waals surface area (Å²) >= 11 is 0.